The summed E-state index contributed by atoms with van der Waals surface area (Å²) in [6.45, 7) is 5.92. The van der Waals surface area contributed by atoms with Crippen LogP contribution < -0.4 is 5.32 Å². The summed E-state index contributed by atoms with van der Waals surface area (Å²) in [5, 5.41) is 6.79. The molecule has 138 valence electrons. The van der Waals surface area contributed by atoms with E-state index in [0.717, 1.165) is 19.3 Å². The lowest BCUT2D eigenvalue weighted by molar-refractivity contribution is -0.136. The molecular weight excluding hydrogens is 326 g/mol. The Kier molecular flexibility index (Phi) is 6.19. The molecule has 1 unspecified atom stereocenters. The van der Waals surface area contributed by atoms with Crippen molar-refractivity contribution in [1.82, 2.24) is 15.1 Å². The second-order valence-corrected chi connectivity index (χ2v) is 6.72. The summed E-state index contributed by atoms with van der Waals surface area (Å²) in [7, 11) is 1.24. The Morgan fingerprint density at radius 2 is 2.16 bits per heavy atom. The van der Waals surface area contributed by atoms with Gasteiger partial charge >= 0.3 is 12.1 Å². The van der Waals surface area contributed by atoms with Gasteiger partial charge in [0.05, 0.1) is 12.8 Å². The van der Waals surface area contributed by atoms with Crippen molar-refractivity contribution in [2.75, 3.05) is 13.7 Å². The van der Waals surface area contributed by atoms with Gasteiger partial charge in [0.25, 0.3) is 0 Å². The maximum absolute atomic E-state index is 11.9. The molecule has 25 heavy (non-hydrogen) atoms. The molecule has 1 atom stereocenters. The zero-order chi connectivity index (χ0) is 18.4. The fourth-order valence-electron chi connectivity index (χ4n) is 2.34. The summed E-state index contributed by atoms with van der Waals surface area (Å²) >= 11 is 0. The number of rotatable bonds is 4. The molecule has 1 aliphatic rings. The van der Waals surface area contributed by atoms with Crippen molar-refractivity contribution in [1.29, 1.82) is 0 Å². The topological polar surface area (TPSA) is 91.7 Å². The monoisotopic (exact) mass is 351 g/mol. The summed E-state index contributed by atoms with van der Waals surface area (Å²) in [4.78, 5) is 23.8. The Morgan fingerprint density at radius 1 is 1.40 bits per heavy atom. The van der Waals surface area contributed by atoms with Gasteiger partial charge in [0.1, 0.15) is 17.5 Å². The van der Waals surface area contributed by atoms with Gasteiger partial charge in [-0.1, -0.05) is 0 Å². The van der Waals surface area contributed by atoms with Gasteiger partial charge < -0.3 is 14.2 Å². The minimum Gasteiger partial charge on any atom is -0.464 e. The third-order valence-electron chi connectivity index (χ3n) is 3.41. The quantitative estimate of drug-likeness (QED) is 0.662. The van der Waals surface area contributed by atoms with Gasteiger partial charge in [-0.3, -0.25) is 5.32 Å². The fraction of sp³-hybridized carbons (Fsp3) is 0.588. The van der Waals surface area contributed by atoms with Gasteiger partial charge in [-0.25, -0.2) is 14.3 Å². The van der Waals surface area contributed by atoms with Crippen LogP contribution in [0.4, 0.5) is 4.79 Å². The first-order chi connectivity index (χ1) is 11.8. The van der Waals surface area contributed by atoms with Gasteiger partial charge in [0.15, 0.2) is 0 Å². The summed E-state index contributed by atoms with van der Waals surface area (Å²) in [6.07, 6.45) is 5.42. The van der Waals surface area contributed by atoms with Crippen LogP contribution in [0.5, 0.6) is 0 Å². The Morgan fingerprint density at radius 3 is 2.76 bits per heavy atom. The minimum atomic E-state index is -0.737. The summed E-state index contributed by atoms with van der Waals surface area (Å²) < 4.78 is 17.2. The molecule has 1 aromatic rings. The van der Waals surface area contributed by atoms with E-state index >= 15 is 0 Å². The van der Waals surface area contributed by atoms with E-state index in [1.54, 1.807) is 37.7 Å². The molecule has 0 aliphatic carbocycles. The number of ether oxygens (including phenoxy) is 3. The number of carbonyl (C=O) groups is 2. The van der Waals surface area contributed by atoms with Crippen molar-refractivity contribution < 1.29 is 23.8 Å². The maximum atomic E-state index is 11.9. The second-order valence-electron chi connectivity index (χ2n) is 6.72. The van der Waals surface area contributed by atoms with Crippen LogP contribution in [-0.4, -0.2) is 41.2 Å². The number of nitrogens with zero attached hydrogens (tertiary/aromatic N) is 2. The lowest BCUT2D eigenvalue weighted by atomic mass is 10.2. The molecule has 2 heterocycles. The molecule has 0 bridgehead atoms. The number of alkyl carbamates (subject to hydrolysis) is 1. The highest BCUT2D eigenvalue weighted by Crippen LogP contribution is 2.22. The molecule has 1 N–H and O–H groups in total. The standard InChI is InChI=1S/C17H25N3O5/c1-17(2,3)25-16(22)18-13(15(21)23-4)11-12-8-9-20(19-12)14-7-5-6-10-24-14/h8-9,11,14H,5-7,10H2,1-4H3,(H,18,22). The predicted octanol–water partition coefficient (Wildman–Crippen LogP) is 2.62. The molecule has 1 amide bonds. The largest absolute Gasteiger partial charge is 0.464 e. The van der Waals surface area contributed by atoms with Crippen LogP contribution in [0.1, 0.15) is 52.0 Å². The molecule has 1 fully saturated rings. The first-order valence-electron chi connectivity index (χ1n) is 8.25. The zero-order valence-corrected chi connectivity index (χ0v) is 15.1. The average Bonchev–Trinajstić information content (AvgIpc) is 3.01. The van der Waals surface area contributed by atoms with Crippen molar-refractivity contribution in [2.45, 2.75) is 51.9 Å². The van der Waals surface area contributed by atoms with Crippen LogP contribution in [0.2, 0.25) is 0 Å². The van der Waals surface area contributed by atoms with Gasteiger partial charge in [-0.15, -0.1) is 0 Å². The first-order valence-corrected chi connectivity index (χ1v) is 8.25. The van der Waals surface area contributed by atoms with Crippen LogP contribution in [0, 0.1) is 0 Å². The molecule has 8 nitrogen and oxygen atoms in total. The second kappa shape index (κ2) is 8.15. The molecule has 1 saturated heterocycles. The Hall–Kier alpha value is -2.35. The zero-order valence-electron chi connectivity index (χ0n) is 15.1. The molecule has 1 aliphatic heterocycles. The highest BCUT2D eigenvalue weighted by molar-refractivity contribution is 5.96. The number of amides is 1. The van der Waals surface area contributed by atoms with Crippen molar-refractivity contribution in [3.8, 4) is 0 Å². The number of methoxy groups -OCH3 is 1. The molecule has 0 saturated carbocycles. The summed E-state index contributed by atoms with van der Waals surface area (Å²) in [5.41, 5.74) is -0.220. The van der Waals surface area contributed by atoms with Gasteiger partial charge in [0.2, 0.25) is 0 Å². The van der Waals surface area contributed by atoms with E-state index in [2.05, 4.69) is 10.4 Å². The summed E-state index contributed by atoms with van der Waals surface area (Å²) in [5.74, 6) is -0.686. The number of aromatic nitrogens is 2. The third-order valence-corrected chi connectivity index (χ3v) is 3.41. The van der Waals surface area contributed by atoms with E-state index in [-0.39, 0.29) is 11.9 Å². The smallest absolute Gasteiger partial charge is 0.412 e. The van der Waals surface area contributed by atoms with E-state index in [0.29, 0.717) is 12.3 Å². The number of esters is 1. The Labute approximate surface area is 147 Å². The lowest BCUT2D eigenvalue weighted by Gasteiger charge is -2.22. The molecular formula is C17H25N3O5. The van der Waals surface area contributed by atoms with Crippen molar-refractivity contribution in [3.63, 3.8) is 0 Å². The van der Waals surface area contributed by atoms with Gasteiger partial charge in [0, 0.05) is 12.8 Å². The van der Waals surface area contributed by atoms with Gasteiger partial charge in [-0.05, 0) is 52.2 Å². The third kappa shape index (κ3) is 5.90. The van der Waals surface area contributed by atoms with Crippen LogP contribution in [0.3, 0.4) is 0 Å². The van der Waals surface area contributed by atoms with E-state index < -0.39 is 17.7 Å². The summed E-state index contributed by atoms with van der Waals surface area (Å²) in [6, 6.07) is 1.73. The van der Waals surface area contributed by atoms with Crippen LogP contribution in [0.15, 0.2) is 18.0 Å². The number of carbonyl (C=O) groups excluding carboxylic acids is 2. The van der Waals surface area contributed by atoms with Crippen molar-refractivity contribution >= 4 is 18.1 Å². The molecule has 2 rings (SSSR count). The van der Waals surface area contributed by atoms with E-state index in [1.807, 2.05) is 0 Å². The van der Waals surface area contributed by atoms with E-state index in [9.17, 15) is 9.59 Å². The average molecular weight is 351 g/mol. The fourth-order valence-corrected chi connectivity index (χ4v) is 2.34. The van der Waals surface area contributed by atoms with Crippen LogP contribution in [-0.2, 0) is 19.0 Å². The molecule has 0 spiro atoms. The van der Waals surface area contributed by atoms with Crippen LogP contribution in [0.25, 0.3) is 6.08 Å². The normalized spacial score (nSPS) is 18.6. The predicted molar refractivity (Wildman–Crippen MR) is 90.4 cm³/mol. The van der Waals surface area contributed by atoms with Crippen LogP contribution >= 0.6 is 0 Å². The number of hydrogen-bond acceptors (Lipinski definition) is 6. The Bertz CT molecular complexity index is 639. The number of hydrogen-bond donors (Lipinski definition) is 1. The Balaban J connectivity index is 2.13. The highest BCUT2D eigenvalue weighted by atomic mass is 16.6. The SMILES string of the molecule is COC(=O)C(=Cc1ccn(C2CCCCO2)n1)NC(=O)OC(C)(C)C. The van der Waals surface area contributed by atoms with Gasteiger partial charge in [-0.2, -0.15) is 5.10 Å². The molecule has 8 heteroatoms. The molecule has 0 radical (unpaired) electrons. The maximum Gasteiger partial charge on any atom is 0.412 e. The first kappa shape index (κ1) is 19.0. The van der Waals surface area contributed by atoms with Crippen molar-refractivity contribution in [3.05, 3.63) is 23.7 Å². The molecule has 1 aromatic heterocycles. The van der Waals surface area contributed by atoms with Crippen molar-refractivity contribution in [2.24, 2.45) is 0 Å². The minimum absolute atomic E-state index is 0.0495. The van der Waals surface area contributed by atoms with E-state index in [1.165, 1.54) is 13.2 Å². The lowest BCUT2D eigenvalue weighted by Crippen LogP contribution is -2.34. The molecule has 0 aromatic carbocycles. The number of nitrogens with one attached hydrogen (secondary N) is 1. The highest BCUT2D eigenvalue weighted by Gasteiger charge is 2.21. The van der Waals surface area contributed by atoms with E-state index in [4.69, 9.17) is 14.2 Å².